The van der Waals surface area contributed by atoms with Crippen LogP contribution in [0.15, 0.2) is 75.9 Å². The van der Waals surface area contributed by atoms with Gasteiger partial charge in [-0.05, 0) is 60.2 Å². The van der Waals surface area contributed by atoms with E-state index in [4.69, 9.17) is 23.9 Å². The fraction of sp³-hybridized carbons (Fsp3) is 0.267. The van der Waals surface area contributed by atoms with Crippen molar-refractivity contribution >= 4 is 38.6 Å². The number of ether oxygens (including phenoxy) is 4. The molecule has 13 heteroatoms. The van der Waals surface area contributed by atoms with E-state index in [2.05, 4.69) is 9.88 Å². The summed E-state index contributed by atoms with van der Waals surface area (Å²) in [7, 11) is -0.421. The average Bonchev–Trinajstić information content (AvgIpc) is 3.42. The summed E-state index contributed by atoms with van der Waals surface area (Å²) < 4.78 is 51.4. The van der Waals surface area contributed by atoms with Crippen LogP contribution in [0.3, 0.4) is 0 Å². The molecule has 6 rings (SSSR count). The first kappa shape index (κ1) is 28.9. The summed E-state index contributed by atoms with van der Waals surface area (Å²) in [6, 6.07) is 18.0. The molecule has 0 bridgehead atoms. The predicted molar refractivity (Wildman–Crippen MR) is 162 cm³/mol. The summed E-state index contributed by atoms with van der Waals surface area (Å²) in [5.74, 6) is 1.65. The Kier molecular flexibility index (Phi) is 8.21. The van der Waals surface area contributed by atoms with Crippen molar-refractivity contribution in [2.75, 3.05) is 52.4 Å². The van der Waals surface area contributed by atoms with Gasteiger partial charge in [-0.15, -0.1) is 11.3 Å². The number of carbonyl (C=O) groups excluding carboxylic acids is 1. The maximum absolute atomic E-state index is 13.1. The third kappa shape index (κ3) is 6.02. The van der Waals surface area contributed by atoms with Crippen LogP contribution in [0, 0.1) is 0 Å². The topological polar surface area (TPSA) is 121 Å². The van der Waals surface area contributed by atoms with Gasteiger partial charge in [-0.3, -0.25) is 4.79 Å². The number of methoxy groups -OCH3 is 2. The Morgan fingerprint density at radius 1 is 0.977 bits per heavy atom. The summed E-state index contributed by atoms with van der Waals surface area (Å²) >= 11 is 1.45. The normalized spacial score (nSPS) is 15.9. The number of morpholine rings is 1. The molecular weight excluding hydrogens is 592 g/mol. The fourth-order valence-corrected chi connectivity index (χ4v) is 7.28. The van der Waals surface area contributed by atoms with Crippen molar-refractivity contribution in [2.24, 2.45) is 4.99 Å². The van der Waals surface area contributed by atoms with E-state index >= 15 is 0 Å². The smallest absolute Gasteiger partial charge is 0.262 e. The molecule has 0 radical (unpaired) electrons. The van der Waals surface area contributed by atoms with Gasteiger partial charge in [0.05, 0.1) is 55.9 Å². The van der Waals surface area contributed by atoms with Crippen molar-refractivity contribution in [3.63, 3.8) is 0 Å². The Balaban J connectivity index is 1.39. The Morgan fingerprint density at radius 2 is 1.74 bits per heavy atom. The molecule has 1 saturated heterocycles. The van der Waals surface area contributed by atoms with Crippen LogP contribution in [-0.2, 0) is 26.1 Å². The van der Waals surface area contributed by atoms with Crippen LogP contribution < -0.4 is 24.3 Å². The number of fused-ring (bicyclic) bond motifs is 1. The van der Waals surface area contributed by atoms with Gasteiger partial charge in [0.1, 0.15) is 5.75 Å². The van der Waals surface area contributed by atoms with Crippen molar-refractivity contribution < 1.29 is 32.2 Å². The Bertz CT molecular complexity index is 1830. The molecule has 224 valence electrons. The van der Waals surface area contributed by atoms with Crippen molar-refractivity contribution in [3.05, 3.63) is 76.4 Å². The number of thiazole rings is 1. The Labute approximate surface area is 253 Å². The van der Waals surface area contributed by atoms with Crippen LogP contribution in [0.25, 0.3) is 11.3 Å². The summed E-state index contributed by atoms with van der Waals surface area (Å²) in [6.07, 6.45) is 0. The minimum atomic E-state index is -3.61. The van der Waals surface area contributed by atoms with Crippen LogP contribution in [0.4, 0.5) is 11.4 Å². The number of amides is 1. The first-order valence-corrected chi connectivity index (χ1v) is 15.9. The molecule has 0 unspecified atom stereocenters. The van der Waals surface area contributed by atoms with Crippen LogP contribution in [0.1, 0.15) is 5.56 Å². The zero-order valence-electron chi connectivity index (χ0n) is 23.6. The molecule has 43 heavy (non-hydrogen) atoms. The van der Waals surface area contributed by atoms with E-state index in [-0.39, 0.29) is 17.4 Å². The quantitative estimate of drug-likeness (QED) is 0.317. The van der Waals surface area contributed by atoms with Gasteiger partial charge in [0, 0.05) is 24.0 Å². The van der Waals surface area contributed by atoms with Gasteiger partial charge in [-0.2, -0.15) is 4.31 Å². The van der Waals surface area contributed by atoms with E-state index in [9.17, 15) is 13.2 Å². The second-order valence-corrected chi connectivity index (χ2v) is 12.6. The minimum absolute atomic E-state index is 0.0142. The second-order valence-electron chi connectivity index (χ2n) is 9.85. The van der Waals surface area contributed by atoms with E-state index < -0.39 is 10.0 Å². The highest BCUT2D eigenvalue weighted by molar-refractivity contribution is 7.89. The zero-order valence-corrected chi connectivity index (χ0v) is 25.2. The van der Waals surface area contributed by atoms with Crippen molar-refractivity contribution in [2.45, 2.75) is 11.4 Å². The average molecular weight is 623 g/mol. The van der Waals surface area contributed by atoms with Crippen molar-refractivity contribution in [1.29, 1.82) is 0 Å². The number of benzene rings is 3. The lowest BCUT2D eigenvalue weighted by Crippen LogP contribution is -2.40. The largest absolute Gasteiger partial charge is 0.493 e. The highest BCUT2D eigenvalue weighted by Crippen LogP contribution is 2.34. The molecule has 0 saturated carbocycles. The van der Waals surface area contributed by atoms with E-state index in [1.165, 1.54) is 15.6 Å². The SMILES string of the molecule is COc1ccc(Cn2c(-c3ccc4c(c3)NC(=O)CO4)csc2=Nc2ccc(S(=O)(=O)N3CCOCC3)cc2)cc1OC. The van der Waals surface area contributed by atoms with Crippen molar-refractivity contribution in [1.82, 2.24) is 8.87 Å². The lowest BCUT2D eigenvalue weighted by molar-refractivity contribution is -0.118. The van der Waals surface area contributed by atoms with Crippen LogP contribution in [0.5, 0.6) is 17.2 Å². The molecule has 1 amide bonds. The number of aromatic nitrogens is 1. The number of hydrogen-bond acceptors (Lipinski definition) is 9. The molecule has 3 aromatic carbocycles. The van der Waals surface area contributed by atoms with Gasteiger partial charge in [-0.25, -0.2) is 13.4 Å². The monoisotopic (exact) mass is 622 g/mol. The van der Waals surface area contributed by atoms with Crippen LogP contribution >= 0.6 is 11.3 Å². The number of rotatable bonds is 8. The molecular formula is C30H30N4O7S2. The van der Waals surface area contributed by atoms with Crippen LogP contribution in [0.2, 0.25) is 0 Å². The molecule has 1 fully saturated rings. The van der Waals surface area contributed by atoms with Gasteiger partial charge >= 0.3 is 0 Å². The summed E-state index contributed by atoms with van der Waals surface area (Å²) in [6.45, 7) is 1.89. The highest BCUT2D eigenvalue weighted by atomic mass is 32.2. The van der Waals surface area contributed by atoms with Crippen LogP contribution in [-0.4, -0.2) is 70.3 Å². The molecule has 4 aromatic rings. The third-order valence-electron chi connectivity index (χ3n) is 7.16. The number of nitrogens with one attached hydrogen (secondary N) is 1. The van der Waals surface area contributed by atoms with Gasteiger partial charge in [0.2, 0.25) is 10.0 Å². The molecule has 3 heterocycles. The van der Waals surface area contributed by atoms with Gasteiger partial charge in [0.15, 0.2) is 22.9 Å². The summed E-state index contributed by atoms with van der Waals surface area (Å²) in [5, 5.41) is 4.88. The lowest BCUT2D eigenvalue weighted by atomic mass is 10.1. The molecule has 2 aliphatic heterocycles. The van der Waals surface area contributed by atoms with Gasteiger partial charge in [0.25, 0.3) is 5.91 Å². The Morgan fingerprint density at radius 3 is 2.49 bits per heavy atom. The molecule has 0 aliphatic carbocycles. The number of carbonyl (C=O) groups is 1. The van der Waals surface area contributed by atoms with Crippen molar-refractivity contribution in [3.8, 4) is 28.5 Å². The predicted octanol–water partition coefficient (Wildman–Crippen LogP) is 3.87. The first-order chi connectivity index (χ1) is 20.9. The summed E-state index contributed by atoms with van der Waals surface area (Å²) in [4.78, 5) is 17.8. The molecule has 0 spiro atoms. The Hall–Kier alpha value is -4.17. The maximum atomic E-state index is 13.1. The maximum Gasteiger partial charge on any atom is 0.262 e. The standard InChI is InChI=1S/C30H30N4O7S2/c1-38-27-9-3-20(15-28(27)39-2)17-34-25(21-4-10-26-24(16-21)32-29(35)18-41-26)19-42-30(34)31-22-5-7-23(8-6-22)43(36,37)33-11-13-40-14-12-33/h3-10,15-16,19H,11-14,17-18H2,1-2H3,(H,32,35). The van der Waals surface area contributed by atoms with Gasteiger partial charge in [-0.1, -0.05) is 6.07 Å². The van der Waals surface area contributed by atoms with E-state index in [1.807, 2.05) is 41.8 Å². The van der Waals surface area contributed by atoms with Gasteiger partial charge < -0.3 is 28.8 Å². The number of sulfonamides is 1. The molecule has 1 N–H and O–H groups in total. The molecule has 11 nitrogen and oxygen atoms in total. The minimum Gasteiger partial charge on any atom is -0.493 e. The third-order valence-corrected chi connectivity index (χ3v) is 9.94. The van der Waals surface area contributed by atoms with E-state index in [1.54, 1.807) is 38.5 Å². The fourth-order valence-electron chi connectivity index (χ4n) is 4.95. The molecule has 1 aromatic heterocycles. The number of nitrogens with zero attached hydrogens (tertiary/aromatic N) is 3. The van der Waals surface area contributed by atoms with E-state index in [0.717, 1.165) is 16.8 Å². The number of anilines is 1. The first-order valence-electron chi connectivity index (χ1n) is 13.5. The lowest BCUT2D eigenvalue weighted by Gasteiger charge is -2.26. The zero-order chi connectivity index (χ0) is 30.0. The highest BCUT2D eigenvalue weighted by Gasteiger charge is 2.26. The molecule has 0 atom stereocenters. The summed E-state index contributed by atoms with van der Waals surface area (Å²) in [5.41, 5.74) is 3.93. The second kappa shape index (κ2) is 12.2. The molecule has 2 aliphatic rings. The van der Waals surface area contributed by atoms with E-state index in [0.29, 0.717) is 66.3 Å². The number of hydrogen-bond donors (Lipinski definition) is 1.